The van der Waals surface area contributed by atoms with Gasteiger partial charge in [0.25, 0.3) is 11.2 Å². The second-order valence-corrected chi connectivity index (χ2v) is 10.9. The molecule has 0 saturated heterocycles. The number of hydrogen-bond acceptors (Lipinski definition) is 11. The molecule has 0 amide bonds. The Bertz CT molecular complexity index is 1980. The number of ether oxygens (including phenoxy) is 5. The molecule has 1 aliphatic rings. The van der Waals surface area contributed by atoms with Crippen LogP contribution in [0.5, 0.6) is 23.0 Å². The van der Waals surface area contributed by atoms with Gasteiger partial charge in [-0.25, -0.2) is 9.79 Å². The van der Waals surface area contributed by atoms with Crippen LogP contribution in [0.15, 0.2) is 82.2 Å². The van der Waals surface area contributed by atoms with Crippen LogP contribution in [0.4, 0.5) is 5.69 Å². The fraction of sp³-hybridized carbons (Fsp3) is 0.242. The van der Waals surface area contributed by atoms with E-state index in [1.807, 2.05) is 13.8 Å². The predicted molar refractivity (Wildman–Crippen MR) is 170 cm³/mol. The van der Waals surface area contributed by atoms with Crippen LogP contribution in [-0.4, -0.2) is 42.9 Å². The molecule has 0 radical (unpaired) electrons. The van der Waals surface area contributed by atoms with Gasteiger partial charge in [-0.05, 0) is 73.0 Å². The van der Waals surface area contributed by atoms with Crippen LogP contribution in [0.3, 0.4) is 0 Å². The van der Waals surface area contributed by atoms with E-state index in [9.17, 15) is 19.7 Å². The fourth-order valence-corrected chi connectivity index (χ4v) is 5.88. The molecular formula is C33H31N3O9S. The number of nitro benzene ring substituents is 1. The highest BCUT2D eigenvalue weighted by Crippen LogP contribution is 2.35. The monoisotopic (exact) mass is 645 g/mol. The van der Waals surface area contributed by atoms with Crippen molar-refractivity contribution in [1.82, 2.24) is 4.57 Å². The molecule has 0 saturated carbocycles. The molecule has 46 heavy (non-hydrogen) atoms. The normalized spacial score (nSPS) is 14.0. The minimum Gasteiger partial charge on any atom is -0.493 e. The average molecular weight is 646 g/mol. The first-order chi connectivity index (χ1) is 22.3. The summed E-state index contributed by atoms with van der Waals surface area (Å²) in [5.41, 5.74) is 1.91. The quantitative estimate of drug-likeness (QED) is 0.125. The first kappa shape index (κ1) is 32.0. The summed E-state index contributed by atoms with van der Waals surface area (Å²) in [6.45, 7) is 4.75. The van der Waals surface area contributed by atoms with Crippen LogP contribution >= 0.6 is 11.3 Å². The van der Waals surface area contributed by atoms with Gasteiger partial charge in [0.15, 0.2) is 27.8 Å². The molecule has 3 aromatic carbocycles. The van der Waals surface area contributed by atoms with Crippen molar-refractivity contribution in [2.45, 2.75) is 26.5 Å². The maximum absolute atomic E-state index is 13.9. The van der Waals surface area contributed by atoms with Gasteiger partial charge >= 0.3 is 5.97 Å². The Balaban J connectivity index is 1.50. The number of hydrogen-bond donors (Lipinski definition) is 0. The van der Waals surface area contributed by atoms with Crippen molar-refractivity contribution in [2.24, 2.45) is 4.99 Å². The molecule has 1 aliphatic heterocycles. The SMILES string of the molecule is CCOc1ccc([C@H]2C(C(=O)OC)=CN=c3s/c(=C\c4ccc(OCc5ccc([N+](=O)[O-])cc5)c(OC)c4)c(=O)n32)cc1OCC. The number of aromatic nitrogens is 1. The van der Waals surface area contributed by atoms with Crippen LogP contribution in [-0.2, 0) is 16.1 Å². The first-order valence-electron chi connectivity index (χ1n) is 14.3. The number of fused-ring (bicyclic) bond motifs is 1. The van der Waals surface area contributed by atoms with Gasteiger partial charge in [-0.3, -0.25) is 19.5 Å². The third kappa shape index (κ3) is 6.64. The van der Waals surface area contributed by atoms with Gasteiger partial charge in [0.1, 0.15) is 6.61 Å². The second kappa shape index (κ2) is 14.1. The lowest BCUT2D eigenvalue weighted by Gasteiger charge is -2.23. The van der Waals surface area contributed by atoms with Crippen LogP contribution < -0.4 is 33.8 Å². The molecule has 5 rings (SSSR count). The molecule has 0 aliphatic carbocycles. The molecule has 1 atom stereocenters. The standard InChI is InChI=1S/C33H31N3O9S/c1-5-43-26-14-10-22(17-28(26)44-6-2)30-24(32(38)42-4)18-34-33-35(30)31(37)29(46-33)16-21-9-13-25(27(15-21)41-3)45-19-20-7-11-23(12-8-20)36(39)40/h7-18,30H,5-6,19H2,1-4H3/b29-16-/t30-/m0/s1. The third-order valence-electron chi connectivity index (χ3n) is 7.03. The highest BCUT2D eigenvalue weighted by molar-refractivity contribution is 7.07. The summed E-state index contributed by atoms with van der Waals surface area (Å²) in [5.74, 6) is 1.34. The van der Waals surface area contributed by atoms with Crippen molar-refractivity contribution in [1.29, 1.82) is 0 Å². The van der Waals surface area contributed by atoms with E-state index < -0.39 is 16.9 Å². The summed E-state index contributed by atoms with van der Waals surface area (Å²) < 4.78 is 29.9. The van der Waals surface area contributed by atoms with Crippen molar-refractivity contribution >= 4 is 29.1 Å². The number of esters is 1. The third-order valence-corrected chi connectivity index (χ3v) is 8.03. The molecule has 1 aromatic heterocycles. The molecule has 2 heterocycles. The van der Waals surface area contributed by atoms with Crippen molar-refractivity contribution in [2.75, 3.05) is 27.4 Å². The number of benzene rings is 3. The second-order valence-electron chi connectivity index (χ2n) is 9.87. The van der Waals surface area contributed by atoms with E-state index in [0.29, 0.717) is 56.7 Å². The average Bonchev–Trinajstić information content (AvgIpc) is 3.38. The molecule has 13 heteroatoms. The van der Waals surface area contributed by atoms with E-state index in [-0.39, 0.29) is 23.4 Å². The van der Waals surface area contributed by atoms with Crippen LogP contribution in [0.2, 0.25) is 0 Å². The number of nitro groups is 1. The smallest absolute Gasteiger partial charge is 0.337 e. The van der Waals surface area contributed by atoms with E-state index in [0.717, 1.165) is 5.56 Å². The molecule has 12 nitrogen and oxygen atoms in total. The predicted octanol–water partition coefficient (Wildman–Crippen LogP) is 4.31. The lowest BCUT2D eigenvalue weighted by Crippen LogP contribution is -2.39. The topological polar surface area (TPSA) is 141 Å². The van der Waals surface area contributed by atoms with Gasteiger partial charge in [0.2, 0.25) is 0 Å². The van der Waals surface area contributed by atoms with E-state index in [4.69, 9.17) is 23.7 Å². The zero-order valence-corrected chi connectivity index (χ0v) is 26.4. The van der Waals surface area contributed by atoms with E-state index in [1.165, 1.54) is 48.5 Å². The summed E-state index contributed by atoms with van der Waals surface area (Å²) in [4.78, 5) is 42.1. The molecular weight excluding hydrogens is 614 g/mol. The highest BCUT2D eigenvalue weighted by Gasteiger charge is 2.31. The number of methoxy groups -OCH3 is 2. The Hall–Kier alpha value is -5.43. The maximum atomic E-state index is 13.9. The van der Waals surface area contributed by atoms with Crippen LogP contribution in [0.25, 0.3) is 6.08 Å². The van der Waals surface area contributed by atoms with Gasteiger partial charge in [-0.15, -0.1) is 0 Å². The largest absolute Gasteiger partial charge is 0.493 e. The fourth-order valence-electron chi connectivity index (χ4n) is 4.91. The Morgan fingerprint density at radius 1 is 0.957 bits per heavy atom. The number of non-ortho nitro benzene ring substituents is 1. The van der Waals surface area contributed by atoms with Crippen LogP contribution in [0.1, 0.15) is 36.6 Å². The zero-order valence-electron chi connectivity index (χ0n) is 25.6. The number of thiazole rings is 1. The van der Waals surface area contributed by atoms with Crippen molar-refractivity contribution in [3.63, 3.8) is 0 Å². The lowest BCUT2D eigenvalue weighted by atomic mass is 9.97. The van der Waals surface area contributed by atoms with Gasteiger partial charge < -0.3 is 23.7 Å². The molecule has 0 fully saturated rings. The van der Waals surface area contributed by atoms with Crippen molar-refractivity contribution < 1.29 is 33.4 Å². The van der Waals surface area contributed by atoms with Crippen molar-refractivity contribution in [3.05, 3.63) is 119 Å². The zero-order chi connectivity index (χ0) is 32.8. The number of carbonyl (C=O) groups excluding carboxylic acids is 1. The Kier molecular flexibility index (Phi) is 9.82. The summed E-state index contributed by atoms with van der Waals surface area (Å²) in [6, 6.07) is 15.8. The molecule has 0 unspecified atom stereocenters. The Labute approximate surface area is 267 Å². The van der Waals surface area contributed by atoms with E-state index >= 15 is 0 Å². The minimum absolute atomic E-state index is 0.00135. The number of nitrogens with zero attached hydrogens (tertiary/aromatic N) is 3. The highest BCUT2D eigenvalue weighted by atomic mass is 32.1. The summed E-state index contributed by atoms with van der Waals surface area (Å²) in [5, 5.41) is 10.9. The molecule has 0 bridgehead atoms. The Morgan fingerprint density at radius 2 is 1.65 bits per heavy atom. The Morgan fingerprint density at radius 3 is 2.33 bits per heavy atom. The number of rotatable bonds is 12. The van der Waals surface area contributed by atoms with Crippen molar-refractivity contribution in [3.8, 4) is 23.0 Å². The first-order valence-corrected chi connectivity index (χ1v) is 15.1. The van der Waals surface area contributed by atoms with E-state index in [2.05, 4.69) is 4.99 Å². The maximum Gasteiger partial charge on any atom is 0.337 e. The number of carbonyl (C=O) groups is 1. The van der Waals surface area contributed by atoms with E-state index in [1.54, 1.807) is 54.6 Å². The van der Waals surface area contributed by atoms with Gasteiger partial charge in [-0.2, -0.15) is 0 Å². The lowest BCUT2D eigenvalue weighted by molar-refractivity contribution is -0.384. The van der Waals surface area contributed by atoms with Crippen LogP contribution in [0, 0.1) is 10.1 Å². The summed E-state index contributed by atoms with van der Waals surface area (Å²) >= 11 is 1.19. The van der Waals surface area contributed by atoms with Gasteiger partial charge in [0, 0.05) is 18.3 Å². The summed E-state index contributed by atoms with van der Waals surface area (Å²) in [6.07, 6.45) is 3.15. The molecule has 0 spiro atoms. The molecule has 4 aromatic rings. The minimum atomic E-state index is -0.814. The molecule has 238 valence electrons. The van der Waals surface area contributed by atoms with Gasteiger partial charge in [0.05, 0.1) is 48.5 Å². The molecule has 0 N–H and O–H groups in total. The van der Waals surface area contributed by atoms with Gasteiger partial charge in [-0.1, -0.05) is 23.5 Å². The summed E-state index contributed by atoms with van der Waals surface area (Å²) in [7, 11) is 2.79.